The molecule has 1 aliphatic heterocycles. The van der Waals surface area contributed by atoms with E-state index in [1.54, 1.807) is 0 Å². The van der Waals surface area contributed by atoms with Gasteiger partial charge in [0.25, 0.3) is 0 Å². The Morgan fingerprint density at radius 2 is 1.45 bits per heavy atom. The molecule has 0 unspecified atom stereocenters. The number of ether oxygens (including phenoxy) is 1. The minimum atomic E-state index is -7.46. The molecular weight excluding hydrogens is 185 g/mol. The maximum atomic E-state index is 12.0. The van der Waals surface area contributed by atoms with E-state index in [0.29, 0.717) is 0 Å². The number of hydrogen-bond donors (Lipinski definition) is 0. The zero-order valence-electron chi connectivity index (χ0n) is 5.64. The number of morpholine rings is 1. The van der Waals surface area contributed by atoms with E-state index in [0.717, 1.165) is 0 Å². The summed E-state index contributed by atoms with van der Waals surface area (Å²) in [6, 6.07) is 0. The van der Waals surface area contributed by atoms with Crippen molar-refractivity contribution >= 4 is 8.00 Å². The molecule has 1 saturated heterocycles. The quantitative estimate of drug-likeness (QED) is 0.468. The second kappa shape index (κ2) is 2.54. The predicted molar refractivity (Wildman–Crippen MR) is 33.7 cm³/mol. The third-order valence-electron chi connectivity index (χ3n) is 1.42. The van der Waals surface area contributed by atoms with Gasteiger partial charge in [-0.2, -0.15) is 0 Å². The fourth-order valence-electron chi connectivity index (χ4n) is 0.856. The Labute approximate surface area is 61.6 Å². The predicted octanol–water partition coefficient (Wildman–Crippen LogP) is 2.32. The van der Waals surface area contributed by atoms with Gasteiger partial charge in [-0.3, -0.25) is 0 Å². The molecule has 1 fully saturated rings. The van der Waals surface area contributed by atoms with Crippen LogP contribution >= 0.6 is 8.00 Å². The third-order valence-corrected chi connectivity index (χ3v) is 2.67. The summed E-state index contributed by atoms with van der Waals surface area (Å²) in [5.74, 6) is 0. The van der Waals surface area contributed by atoms with Crippen molar-refractivity contribution in [3.05, 3.63) is 0 Å². The molecule has 68 valence electrons. The van der Waals surface area contributed by atoms with Crippen LogP contribution in [0.4, 0.5) is 16.8 Å². The van der Waals surface area contributed by atoms with Crippen molar-refractivity contribution in [2.24, 2.45) is 0 Å². The SMILES string of the molecule is FP(F)(F)(F)N1CCOCC1. The summed E-state index contributed by atoms with van der Waals surface area (Å²) in [6.45, 7) is -0.838. The zero-order valence-corrected chi connectivity index (χ0v) is 6.54. The molecule has 0 saturated carbocycles. The average molecular weight is 193 g/mol. The van der Waals surface area contributed by atoms with Gasteiger partial charge in [-0.05, 0) is 0 Å². The van der Waals surface area contributed by atoms with Gasteiger partial charge in [0.1, 0.15) is 0 Å². The van der Waals surface area contributed by atoms with E-state index in [-0.39, 0.29) is 31.0 Å². The zero-order chi connectivity index (χ0) is 8.56. The van der Waals surface area contributed by atoms with Gasteiger partial charge in [-0.15, -0.1) is 0 Å². The van der Waals surface area contributed by atoms with Crippen LogP contribution in [0.1, 0.15) is 0 Å². The summed E-state index contributed by atoms with van der Waals surface area (Å²) in [7, 11) is -7.46. The van der Waals surface area contributed by atoms with Crippen molar-refractivity contribution in [1.29, 1.82) is 0 Å². The molecule has 0 radical (unpaired) electrons. The molecule has 0 atom stereocenters. The Hall–Kier alpha value is 0.0700. The molecule has 0 aromatic carbocycles. The van der Waals surface area contributed by atoms with Crippen LogP contribution in [0.3, 0.4) is 0 Å². The minimum absolute atomic E-state index is 0.0421. The van der Waals surface area contributed by atoms with Crippen LogP contribution in [0.25, 0.3) is 0 Å². The van der Waals surface area contributed by atoms with Crippen molar-refractivity contribution in [3.8, 4) is 0 Å². The first-order chi connectivity index (χ1) is 4.86. The van der Waals surface area contributed by atoms with Crippen molar-refractivity contribution in [2.75, 3.05) is 26.3 Å². The van der Waals surface area contributed by atoms with Crippen LogP contribution in [-0.4, -0.2) is 31.0 Å². The van der Waals surface area contributed by atoms with E-state index in [1.165, 1.54) is 0 Å². The van der Waals surface area contributed by atoms with E-state index in [2.05, 4.69) is 4.74 Å². The van der Waals surface area contributed by atoms with E-state index >= 15 is 0 Å². The molecule has 1 aliphatic rings. The summed E-state index contributed by atoms with van der Waals surface area (Å²) >= 11 is 0. The first-order valence-electron chi connectivity index (χ1n) is 3.09. The number of nitrogens with zero attached hydrogens (tertiary/aromatic N) is 1. The number of rotatable bonds is 1. The van der Waals surface area contributed by atoms with E-state index < -0.39 is 8.00 Å². The normalized spacial score (nSPS) is 26.0. The summed E-state index contributed by atoms with van der Waals surface area (Å²) in [5.41, 5.74) is 0. The first kappa shape index (κ1) is 9.16. The van der Waals surface area contributed by atoms with Gasteiger partial charge in [-0.25, -0.2) is 0 Å². The fraction of sp³-hybridized carbons (Fsp3) is 1.00. The molecule has 2 nitrogen and oxygen atoms in total. The van der Waals surface area contributed by atoms with Gasteiger partial charge in [0.2, 0.25) is 0 Å². The molecule has 11 heavy (non-hydrogen) atoms. The van der Waals surface area contributed by atoms with Gasteiger partial charge in [0, 0.05) is 0 Å². The van der Waals surface area contributed by atoms with Crippen molar-refractivity contribution in [2.45, 2.75) is 0 Å². The molecule has 0 aliphatic carbocycles. The van der Waals surface area contributed by atoms with E-state index in [9.17, 15) is 16.8 Å². The molecule has 1 heterocycles. The van der Waals surface area contributed by atoms with Crippen LogP contribution in [-0.2, 0) is 4.74 Å². The summed E-state index contributed by atoms with van der Waals surface area (Å²) in [4.78, 5) is 0. The Kier molecular flexibility index (Phi) is 2.11. The summed E-state index contributed by atoms with van der Waals surface area (Å²) in [5, 5.41) is 0. The molecule has 1 rings (SSSR count). The van der Waals surface area contributed by atoms with Gasteiger partial charge >= 0.3 is 60.5 Å². The second-order valence-corrected chi connectivity index (χ2v) is 4.19. The molecule has 0 spiro atoms. The van der Waals surface area contributed by atoms with E-state index in [4.69, 9.17) is 0 Å². The van der Waals surface area contributed by atoms with Crippen LogP contribution in [0.15, 0.2) is 0 Å². The molecular formula is C4H8F4NOP. The average Bonchev–Trinajstić information content (AvgIpc) is 1.86. The van der Waals surface area contributed by atoms with Gasteiger partial charge in [0.15, 0.2) is 0 Å². The van der Waals surface area contributed by atoms with Gasteiger partial charge < -0.3 is 0 Å². The fourth-order valence-corrected chi connectivity index (χ4v) is 1.62. The molecule has 0 amide bonds. The van der Waals surface area contributed by atoms with Gasteiger partial charge in [0.05, 0.1) is 0 Å². The van der Waals surface area contributed by atoms with Crippen LogP contribution < -0.4 is 0 Å². The number of hydrogen-bond acceptors (Lipinski definition) is 2. The monoisotopic (exact) mass is 193 g/mol. The van der Waals surface area contributed by atoms with Crippen molar-refractivity contribution in [1.82, 2.24) is 4.67 Å². The second-order valence-electron chi connectivity index (χ2n) is 2.25. The molecule has 0 aromatic heterocycles. The molecule has 0 aromatic rings. The van der Waals surface area contributed by atoms with Gasteiger partial charge in [-0.1, -0.05) is 0 Å². The first-order valence-corrected chi connectivity index (χ1v) is 4.84. The van der Waals surface area contributed by atoms with Crippen molar-refractivity contribution < 1.29 is 21.5 Å². The maximum absolute atomic E-state index is 12.0. The summed E-state index contributed by atoms with van der Waals surface area (Å²) < 4.78 is 52.4. The number of halogens is 4. The van der Waals surface area contributed by atoms with Crippen LogP contribution in [0.5, 0.6) is 0 Å². The third kappa shape index (κ3) is 2.54. The van der Waals surface area contributed by atoms with E-state index in [1.807, 2.05) is 0 Å². The van der Waals surface area contributed by atoms with Crippen LogP contribution in [0.2, 0.25) is 0 Å². The Balaban J connectivity index is 2.59. The summed E-state index contributed by atoms with van der Waals surface area (Å²) in [6.07, 6.45) is 0. The molecule has 0 N–H and O–H groups in total. The standard InChI is InChI=1S/C4H8F4NOP/c5-11(6,7,8)9-1-3-10-4-2-9/h1-4H2. The molecule has 0 bridgehead atoms. The Morgan fingerprint density at radius 3 is 1.73 bits per heavy atom. The van der Waals surface area contributed by atoms with Crippen LogP contribution in [0, 0.1) is 0 Å². The van der Waals surface area contributed by atoms with Crippen molar-refractivity contribution in [3.63, 3.8) is 0 Å². The molecule has 7 heteroatoms. The Morgan fingerprint density at radius 1 is 1.00 bits per heavy atom. The topological polar surface area (TPSA) is 12.5 Å². The Bertz CT molecular complexity index is 143.